The van der Waals surface area contributed by atoms with E-state index in [-0.39, 0.29) is 0 Å². The fourth-order valence-electron chi connectivity index (χ4n) is 3.43. The molecule has 0 bridgehead atoms. The highest BCUT2D eigenvalue weighted by Gasteiger charge is 2.31. The number of nitrogens with zero attached hydrogens (tertiary/aromatic N) is 1. The number of nitrogens with one attached hydrogen (secondary N) is 1. The van der Waals surface area contributed by atoms with Gasteiger partial charge in [-0.05, 0) is 57.0 Å². The maximum Gasteiger partial charge on any atom is 0.0221 e. The highest BCUT2D eigenvalue weighted by Crippen LogP contribution is 2.36. The van der Waals surface area contributed by atoms with Crippen molar-refractivity contribution in [2.75, 3.05) is 20.1 Å². The van der Waals surface area contributed by atoms with Crippen molar-refractivity contribution in [2.45, 2.75) is 65.0 Å². The lowest BCUT2D eigenvalue weighted by molar-refractivity contribution is 0.117. The second-order valence-corrected chi connectivity index (χ2v) is 7.16. The Hall–Kier alpha value is -0.0800. The van der Waals surface area contributed by atoms with Crippen molar-refractivity contribution in [1.29, 1.82) is 0 Å². The van der Waals surface area contributed by atoms with Crippen LogP contribution in [-0.2, 0) is 0 Å². The zero-order valence-corrected chi connectivity index (χ0v) is 12.1. The van der Waals surface area contributed by atoms with E-state index in [0.29, 0.717) is 5.41 Å². The quantitative estimate of drug-likeness (QED) is 0.813. The molecule has 100 valence electrons. The second-order valence-electron chi connectivity index (χ2n) is 7.16. The Kier molecular flexibility index (Phi) is 4.14. The smallest absolute Gasteiger partial charge is 0.0221 e. The highest BCUT2D eigenvalue weighted by molar-refractivity contribution is 4.87. The summed E-state index contributed by atoms with van der Waals surface area (Å²) in [6, 6.07) is 1.56. The van der Waals surface area contributed by atoms with Crippen molar-refractivity contribution < 1.29 is 0 Å². The minimum atomic E-state index is 0.593. The SMILES string of the molecule is CC1CCNC1CN(C)C1CCC(C)(C)CC1. The Morgan fingerprint density at radius 2 is 1.82 bits per heavy atom. The number of rotatable bonds is 3. The third-order valence-electron chi connectivity index (χ3n) is 5.11. The molecule has 0 spiro atoms. The number of likely N-dealkylation sites (N-methyl/N-ethyl adjacent to an activating group) is 1. The van der Waals surface area contributed by atoms with Crippen LogP contribution in [0.15, 0.2) is 0 Å². The van der Waals surface area contributed by atoms with Gasteiger partial charge >= 0.3 is 0 Å². The summed E-state index contributed by atoms with van der Waals surface area (Å²) >= 11 is 0. The van der Waals surface area contributed by atoms with Gasteiger partial charge in [0.1, 0.15) is 0 Å². The first-order valence-corrected chi connectivity index (χ1v) is 7.41. The first-order valence-electron chi connectivity index (χ1n) is 7.41. The molecule has 0 radical (unpaired) electrons. The van der Waals surface area contributed by atoms with Gasteiger partial charge in [-0.3, -0.25) is 0 Å². The summed E-state index contributed by atoms with van der Waals surface area (Å²) in [5.74, 6) is 0.859. The molecule has 1 aliphatic carbocycles. The van der Waals surface area contributed by atoms with E-state index in [4.69, 9.17) is 0 Å². The average molecular weight is 238 g/mol. The summed E-state index contributed by atoms with van der Waals surface area (Å²) in [5.41, 5.74) is 0.593. The second kappa shape index (κ2) is 5.27. The largest absolute Gasteiger partial charge is 0.312 e. The first-order chi connectivity index (χ1) is 7.98. The average Bonchev–Trinajstić information content (AvgIpc) is 2.64. The molecular weight excluding hydrogens is 208 g/mol. The molecule has 1 N–H and O–H groups in total. The monoisotopic (exact) mass is 238 g/mol. The van der Waals surface area contributed by atoms with Crippen LogP contribution in [0.4, 0.5) is 0 Å². The van der Waals surface area contributed by atoms with E-state index in [9.17, 15) is 0 Å². The van der Waals surface area contributed by atoms with Gasteiger partial charge in [-0.25, -0.2) is 0 Å². The fraction of sp³-hybridized carbons (Fsp3) is 1.00. The van der Waals surface area contributed by atoms with E-state index in [1.807, 2.05) is 0 Å². The van der Waals surface area contributed by atoms with E-state index in [2.05, 4.69) is 38.0 Å². The molecule has 2 unspecified atom stereocenters. The molecule has 17 heavy (non-hydrogen) atoms. The predicted octanol–water partition coefficient (Wildman–Crippen LogP) is 2.89. The van der Waals surface area contributed by atoms with Crippen LogP contribution in [0, 0.1) is 11.3 Å². The molecule has 0 aromatic carbocycles. The molecule has 2 heteroatoms. The summed E-state index contributed by atoms with van der Waals surface area (Å²) in [6.45, 7) is 9.69. The van der Waals surface area contributed by atoms with E-state index >= 15 is 0 Å². The van der Waals surface area contributed by atoms with Crippen molar-refractivity contribution in [2.24, 2.45) is 11.3 Å². The molecular formula is C15H30N2. The van der Waals surface area contributed by atoms with Crippen LogP contribution in [0.3, 0.4) is 0 Å². The predicted molar refractivity (Wildman–Crippen MR) is 74.2 cm³/mol. The van der Waals surface area contributed by atoms with E-state index < -0.39 is 0 Å². The summed E-state index contributed by atoms with van der Waals surface area (Å²) in [7, 11) is 2.33. The molecule has 1 heterocycles. The third kappa shape index (κ3) is 3.45. The van der Waals surface area contributed by atoms with Crippen LogP contribution in [0.5, 0.6) is 0 Å². The molecule has 1 saturated heterocycles. The van der Waals surface area contributed by atoms with Crippen molar-refractivity contribution in [3.8, 4) is 0 Å². The van der Waals surface area contributed by atoms with Crippen molar-refractivity contribution in [3.05, 3.63) is 0 Å². The van der Waals surface area contributed by atoms with Crippen LogP contribution < -0.4 is 5.32 Å². The first kappa shape index (κ1) is 13.4. The maximum atomic E-state index is 3.65. The van der Waals surface area contributed by atoms with Crippen molar-refractivity contribution in [3.63, 3.8) is 0 Å². The molecule has 1 saturated carbocycles. The van der Waals surface area contributed by atoms with Crippen molar-refractivity contribution >= 4 is 0 Å². The Morgan fingerprint density at radius 1 is 1.18 bits per heavy atom. The van der Waals surface area contributed by atoms with Crippen LogP contribution in [-0.4, -0.2) is 37.1 Å². The molecule has 2 rings (SSSR count). The van der Waals surface area contributed by atoms with Gasteiger partial charge in [0, 0.05) is 18.6 Å². The zero-order valence-electron chi connectivity index (χ0n) is 12.1. The van der Waals surface area contributed by atoms with Gasteiger partial charge in [0.05, 0.1) is 0 Å². The van der Waals surface area contributed by atoms with Crippen LogP contribution in [0.1, 0.15) is 52.9 Å². The zero-order chi connectivity index (χ0) is 12.5. The van der Waals surface area contributed by atoms with Gasteiger partial charge in [0.2, 0.25) is 0 Å². The van der Waals surface area contributed by atoms with Gasteiger partial charge in [-0.15, -0.1) is 0 Å². The van der Waals surface area contributed by atoms with E-state index in [0.717, 1.165) is 18.0 Å². The van der Waals surface area contributed by atoms with Crippen LogP contribution >= 0.6 is 0 Å². The van der Waals surface area contributed by atoms with Gasteiger partial charge < -0.3 is 10.2 Å². The molecule has 2 fully saturated rings. The van der Waals surface area contributed by atoms with Gasteiger partial charge in [-0.2, -0.15) is 0 Å². The number of hydrogen-bond acceptors (Lipinski definition) is 2. The Bertz CT molecular complexity index is 239. The molecule has 0 aromatic rings. The normalized spacial score (nSPS) is 34.4. The lowest BCUT2D eigenvalue weighted by Crippen LogP contribution is -2.44. The Labute approximate surface area is 107 Å². The maximum absolute atomic E-state index is 3.65. The lowest BCUT2D eigenvalue weighted by Gasteiger charge is -2.39. The highest BCUT2D eigenvalue weighted by atomic mass is 15.2. The van der Waals surface area contributed by atoms with E-state index in [1.165, 1.54) is 45.2 Å². The standard InChI is InChI=1S/C15H30N2/c1-12-7-10-16-14(12)11-17(4)13-5-8-15(2,3)9-6-13/h12-14,16H,5-11H2,1-4H3. The fourth-order valence-corrected chi connectivity index (χ4v) is 3.43. The minimum Gasteiger partial charge on any atom is -0.312 e. The summed E-state index contributed by atoms with van der Waals surface area (Å²) in [6.07, 6.45) is 6.94. The Balaban J connectivity index is 1.78. The minimum absolute atomic E-state index is 0.593. The number of hydrogen-bond donors (Lipinski definition) is 1. The Morgan fingerprint density at radius 3 is 2.35 bits per heavy atom. The van der Waals surface area contributed by atoms with Gasteiger partial charge in [-0.1, -0.05) is 20.8 Å². The van der Waals surface area contributed by atoms with Gasteiger partial charge in [0.15, 0.2) is 0 Å². The molecule has 0 aromatic heterocycles. The molecule has 2 atom stereocenters. The lowest BCUT2D eigenvalue weighted by atomic mass is 9.75. The van der Waals surface area contributed by atoms with Crippen molar-refractivity contribution in [1.82, 2.24) is 10.2 Å². The van der Waals surface area contributed by atoms with E-state index in [1.54, 1.807) is 0 Å². The summed E-state index contributed by atoms with van der Waals surface area (Å²) in [5, 5.41) is 3.65. The summed E-state index contributed by atoms with van der Waals surface area (Å²) < 4.78 is 0. The van der Waals surface area contributed by atoms with Gasteiger partial charge in [0.25, 0.3) is 0 Å². The third-order valence-corrected chi connectivity index (χ3v) is 5.11. The molecule has 2 nitrogen and oxygen atoms in total. The van der Waals surface area contributed by atoms with Crippen LogP contribution in [0.25, 0.3) is 0 Å². The molecule has 0 amide bonds. The van der Waals surface area contributed by atoms with Crippen LogP contribution in [0.2, 0.25) is 0 Å². The topological polar surface area (TPSA) is 15.3 Å². The molecule has 1 aliphatic heterocycles. The summed E-state index contributed by atoms with van der Waals surface area (Å²) in [4.78, 5) is 2.62. The molecule has 2 aliphatic rings.